The van der Waals surface area contributed by atoms with Crippen molar-refractivity contribution in [1.82, 2.24) is 10.3 Å². The second-order valence-corrected chi connectivity index (χ2v) is 7.64. The summed E-state index contributed by atoms with van der Waals surface area (Å²) in [5.74, 6) is -14.8. The van der Waals surface area contributed by atoms with Crippen molar-refractivity contribution in [1.29, 1.82) is 0 Å². The average molecular weight is 504 g/mol. The molecule has 0 unspecified atom stereocenters. The van der Waals surface area contributed by atoms with Gasteiger partial charge < -0.3 is 19.8 Å². The Morgan fingerprint density at radius 1 is 0.833 bits per heavy atom. The number of aromatic nitrogens is 1. The number of aromatic amines is 1. The van der Waals surface area contributed by atoms with Crippen LogP contribution in [0.5, 0.6) is 5.75 Å². The van der Waals surface area contributed by atoms with Gasteiger partial charge in [-0.25, -0.2) is 22.8 Å². The third kappa shape index (κ3) is 5.14. The van der Waals surface area contributed by atoms with Gasteiger partial charge in [0.05, 0.1) is 0 Å². The molecular formula is C25H17F5N2O4. The number of hydrogen-bond acceptors (Lipinski definition) is 4. The fourth-order valence-corrected chi connectivity index (χ4v) is 3.47. The van der Waals surface area contributed by atoms with Crippen molar-refractivity contribution in [2.24, 2.45) is 0 Å². The van der Waals surface area contributed by atoms with Gasteiger partial charge in [0, 0.05) is 23.5 Å². The molecule has 4 rings (SSSR count). The van der Waals surface area contributed by atoms with Crippen LogP contribution in [0.15, 0.2) is 60.8 Å². The number of ether oxygens (including phenoxy) is 2. The Balaban J connectivity index is 1.58. The summed E-state index contributed by atoms with van der Waals surface area (Å²) in [7, 11) is 0. The zero-order valence-corrected chi connectivity index (χ0v) is 18.3. The number of amides is 1. The molecule has 1 amide bonds. The average Bonchev–Trinajstić information content (AvgIpc) is 3.30. The van der Waals surface area contributed by atoms with Crippen LogP contribution >= 0.6 is 0 Å². The summed E-state index contributed by atoms with van der Waals surface area (Å²) < 4.78 is 78.2. The van der Waals surface area contributed by atoms with Crippen LogP contribution in [-0.4, -0.2) is 23.1 Å². The van der Waals surface area contributed by atoms with Gasteiger partial charge in [-0.15, -0.1) is 0 Å². The molecule has 0 bridgehead atoms. The molecule has 0 saturated heterocycles. The molecule has 36 heavy (non-hydrogen) atoms. The third-order valence-corrected chi connectivity index (χ3v) is 5.26. The van der Waals surface area contributed by atoms with E-state index in [1.807, 2.05) is 0 Å². The number of alkyl carbamates (subject to hydrolysis) is 1. The van der Waals surface area contributed by atoms with Gasteiger partial charge in [0.15, 0.2) is 0 Å². The van der Waals surface area contributed by atoms with Gasteiger partial charge in [-0.3, -0.25) is 0 Å². The first-order valence-corrected chi connectivity index (χ1v) is 10.5. The van der Waals surface area contributed by atoms with Crippen LogP contribution in [-0.2, 0) is 22.6 Å². The van der Waals surface area contributed by atoms with E-state index >= 15 is 0 Å². The van der Waals surface area contributed by atoms with E-state index in [1.165, 1.54) is 0 Å². The number of fused-ring (bicyclic) bond motifs is 1. The summed E-state index contributed by atoms with van der Waals surface area (Å²) in [6.45, 7) is -0.154. The number of benzene rings is 3. The molecule has 0 aliphatic rings. The number of hydrogen-bond donors (Lipinski definition) is 2. The molecule has 4 aromatic rings. The molecule has 0 saturated carbocycles. The maximum absolute atomic E-state index is 14.1. The Bertz CT molecular complexity index is 1400. The molecule has 0 aliphatic carbocycles. The van der Waals surface area contributed by atoms with Gasteiger partial charge in [0.1, 0.15) is 12.6 Å². The van der Waals surface area contributed by atoms with Crippen molar-refractivity contribution in [3.63, 3.8) is 0 Å². The summed E-state index contributed by atoms with van der Waals surface area (Å²) in [6, 6.07) is 13.9. The first-order chi connectivity index (χ1) is 17.3. The molecule has 0 radical (unpaired) electrons. The molecule has 1 heterocycles. The smallest absolute Gasteiger partial charge is 0.408 e. The van der Waals surface area contributed by atoms with Gasteiger partial charge in [0.2, 0.25) is 34.8 Å². The first-order valence-electron chi connectivity index (χ1n) is 10.5. The number of para-hydroxylation sites is 1. The lowest BCUT2D eigenvalue weighted by molar-refractivity contribution is -0.137. The monoisotopic (exact) mass is 504 g/mol. The van der Waals surface area contributed by atoms with E-state index < -0.39 is 52.9 Å². The van der Waals surface area contributed by atoms with Crippen molar-refractivity contribution in [3.05, 3.63) is 101 Å². The minimum Gasteiger partial charge on any atom is -0.445 e. The lowest BCUT2D eigenvalue weighted by Crippen LogP contribution is -2.45. The van der Waals surface area contributed by atoms with Gasteiger partial charge in [-0.2, -0.15) is 8.78 Å². The Hall–Kier alpha value is -4.41. The maximum Gasteiger partial charge on any atom is 0.408 e. The van der Waals surface area contributed by atoms with E-state index in [2.05, 4.69) is 15.0 Å². The van der Waals surface area contributed by atoms with E-state index in [0.717, 1.165) is 0 Å². The minimum atomic E-state index is -2.40. The van der Waals surface area contributed by atoms with Crippen molar-refractivity contribution in [2.45, 2.75) is 19.1 Å². The van der Waals surface area contributed by atoms with Crippen LogP contribution < -0.4 is 10.1 Å². The van der Waals surface area contributed by atoms with E-state index in [9.17, 15) is 31.5 Å². The molecule has 0 aliphatic heterocycles. The quantitative estimate of drug-likeness (QED) is 0.118. The van der Waals surface area contributed by atoms with E-state index in [4.69, 9.17) is 4.74 Å². The van der Waals surface area contributed by atoms with Crippen LogP contribution in [0.25, 0.3) is 10.9 Å². The third-order valence-electron chi connectivity index (χ3n) is 5.26. The summed E-state index contributed by atoms with van der Waals surface area (Å²) in [6.07, 6.45) is 0.219. The second kappa shape index (κ2) is 10.5. The highest BCUT2D eigenvalue weighted by Crippen LogP contribution is 2.29. The minimum absolute atomic E-state index is 0.154. The SMILES string of the molecule is O=C(N[C@@H](Cc1c[nH]c2ccccc12)C(=O)Oc1c(F)c(F)c(F)c(F)c1F)OCc1ccccc1. The van der Waals surface area contributed by atoms with E-state index in [1.54, 1.807) is 60.8 Å². The molecule has 0 fully saturated rings. The molecule has 0 spiro atoms. The van der Waals surface area contributed by atoms with Gasteiger partial charge >= 0.3 is 12.1 Å². The lowest BCUT2D eigenvalue weighted by atomic mass is 10.1. The summed E-state index contributed by atoms with van der Waals surface area (Å²) in [5.41, 5.74) is 1.85. The summed E-state index contributed by atoms with van der Waals surface area (Å²) >= 11 is 0. The second-order valence-electron chi connectivity index (χ2n) is 7.64. The molecule has 2 N–H and O–H groups in total. The maximum atomic E-state index is 14.1. The van der Waals surface area contributed by atoms with Gasteiger partial charge in [-0.1, -0.05) is 48.5 Å². The number of carbonyl (C=O) groups is 2. The summed E-state index contributed by atoms with van der Waals surface area (Å²) in [5, 5.41) is 2.91. The number of nitrogens with one attached hydrogen (secondary N) is 2. The van der Waals surface area contributed by atoms with Gasteiger partial charge in [-0.05, 0) is 17.2 Å². The zero-order valence-electron chi connectivity index (χ0n) is 18.3. The van der Waals surface area contributed by atoms with Gasteiger partial charge in [0.25, 0.3) is 0 Å². The topological polar surface area (TPSA) is 80.4 Å². The van der Waals surface area contributed by atoms with Crippen molar-refractivity contribution in [3.8, 4) is 5.75 Å². The van der Waals surface area contributed by atoms with Crippen LogP contribution in [0, 0.1) is 29.1 Å². The molecule has 1 atom stereocenters. The Kier molecular flexibility index (Phi) is 7.18. The highest BCUT2D eigenvalue weighted by molar-refractivity contribution is 5.86. The zero-order chi connectivity index (χ0) is 25.8. The number of esters is 1. The molecule has 1 aromatic heterocycles. The number of halogens is 5. The number of rotatable bonds is 7. The summed E-state index contributed by atoms with van der Waals surface area (Å²) in [4.78, 5) is 28.2. The van der Waals surface area contributed by atoms with E-state index in [-0.39, 0.29) is 13.0 Å². The first kappa shape index (κ1) is 24.7. The predicted octanol–water partition coefficient (Wildman–Crippen LogP) is 5.31. The highest BCUT2D eigenvalue weighted by atomic mass is 19.2. The standard InChI is InChI=1S/C25H17F5N2O4/c26-18-19(27)21(29)23(22(30)20(18)28)36-24(33)17(10-14-11-31-16-9-5-4-8-15(14)16)32-25(34)35-12-13-6-2-1-3-7-13/h1-9,11,17,31H,10,12H2,(H,32,34)/t17-/m0/s1. The molecule has 6 nitrogen and oxygen atoms in total. The van der Waals surface area contributed by atoms with Crippen LogP contribution in [0.2, 0.25) is 0 Å². The van der Waals surface area contributed by atoms with Crippen LogP contribution in [0.4, 0.5) is 26.7 Å². The molecule has 186 valence electrons. The Morgan fingerprint density at radius 2 is 1.44 bits per heavy atom. The number of H-pyrrole nitrogens is 1. The Morgan fingerprint density at radius 3 is 2.14 bits per heavy atom. The Labute approximate surface area is 200 Å². The van der Waals surface area contributed by atoms with Crippen molar-refractivity contribution < 1.29 is 41.0 Å². The normalized spacial score (nSPS) is 11.8. The predicted molar refractivity (Wildman–Crippen MR) is 117 cm³/mol. The van der Waals surface area contributed by atoms with E-state index in [0.29, 0.717) is 22.0 Å². The number of carbonyl (C=O) groups excluding carboxylic acids is 2. The van der Waals surface area contributed by atoms with Crippen LogP contribution in [0.1, 0.15) is 11.1 Å². The molecule has 3 aromatic carbocycles. The van der Waals surface area contributed by atoms with Crippen LogP contribution in [0.3, 0.4) is 0 Å². The largest absolute Gasteiger partial charge is 0.445 e. The lowest BCUT2D eigenvalue weighted by Gasteiger charge is -2.18. The van der Waals surface area contributed by atoms with Crippen molar-refractivity contribution in [2.75, 3.05) is 0 Å². The fraction of sp³-hybridized carbons (Fsp3) is 0.120. The van der Waals surface area contributed by atoms with Crippen molar-refractivity contribution >= 4 is 23.0 Å². The molecule has 11 heteroatoms. The fourth-order valence-electron chi connectivity index (χ4n) is 3.47. The highest BCUT2D eigenvalue weighted by Gasteiger charge is 2.32. The molecular weight excluding hydrogens is 487 g/mol.